The average molecular weight is 285 g/mol. The Hall–Kier alpha value is -0.710. The van der Waals surface area contributed by atoms with E-state index in [1.54, 1.807) is 0 Å². The van der Waals surface area contributed by atoms with E-state index in [0.717, 1.165) is 10.0 Å². The molecule has 0 atom stereocenters. The quantitative estimate of drug-likeness (QED) is 0.798. The fourth-order valence-electron chi connectivity index (χ4n) is 1.60. The average Bonchev–Trinajstić information content (AvgIpc) is 2.80. The van der Waals surface area contributed by atoms with Gasteiger partial charge in [0.25, 0.3) is 0 Å². The summed E-state index contributed by atoms with van der Waals surface area (Å²) in [6.07, 6.45) is 0.903. The van der Waals surface area contributed by atoms with E-state index in [1.165, 1.54) is 0 Å². The van der Waals surface area contributed by atoms with Crippen LogP contribution in [0.15, 0.2) is 28.7 Å². The SMILES string of the molecule is O=C(CCC1OCCO1)c1ccc(Br)cc1. The van der Waals surface area contributed by atoms with Gasteiger partial charge in [0.05, 0.1) is 13.2 Å². The van der Waals surface area contributed by atoms with E-state index >= 15 is 0 Å². The molecule has 0 aromatic heterocycles. The maximum absolute atomic E-state index is 11.8. The molecule has 1 heterocycles. The number of Topliss-reactive ketones (excluding diaryl/α,β-unsaturated/α-hetero) is 1. The molecule has 1 saturated heterocycles. The number of halogens is 1. The zero-order valence-electron chi connectivity index (χ0n) is 8.82. The first-order chi connectivity index (χ1) is 7.75. The second kappa shape index (κ2) is 5.57. The monoisotopic (exact) mass is 284 g/mol. The highest BCUT2D eigenvalue weighted by molar-refractivity contribution is 9.10. The molecule has 1 aliphatic heterocycles. The lowest BCUT2D eigenvalue weighted by Gasteiger charge is -2.07. The highest BCUT2D eigenvalue weighted by Gasteiger charge is 2.17. The summed E-state index contributed by atoms with van der Waals surface area (Å²) < 4.78 is 11.5. The van der Waals surface area contributed by atoms with E-state index in [-0.39, 0.29) is 12.1 Å². The molecule has 1 aromatic carbocycles. The summed E-state index contributed by atoms with van der Waals surface area (Å²) in [4.78, 5) is 11.8. The van der Waals surface area contributed by atoms with Gasteiger partial charge < -0.3 is 9.47 Å². The molecular weight excluding hydrogens is 272 g/mol. The van der Waals surface area contributed by atoms with Crippen molar-refractivity contribution < 1.29 is 14.3 Å². The maximum atomic E-state index is 11.8. The van der Waals surface area contributed by atoms with Crippen LogP contribution in [0.5, 0.6) is 0 Å². The zero-order valence-corrected chi connectivity index (χ0v) is 10.4. The van der Waals surface area contributed by atoms with Gasteiger partial charge >= 0.3 is 0 Å². The van der Waals surface area contributed by atoms with Gasteiger partial charge in [0, 0.05) is 22.9 Å². The van der Waals surface area contributed by atoms with E-state index in [9.17, 15) is 4.79 Å². The Morgan fingerprint density at radius 1 is 1.25 bits per heavy atom. The summed E-state index contributed by atoms with van der Waals surface area (Å²) in [6, 6.07) is 7.39. The Morgan fingerprint density at radius 3 is 2.50 bits per heavy atom. The van der Waals surface area contributed by atoms with Crippen LogP contribution in [0.1, 0.15) is 23.2 Å². The van der Waals surface area contributed by atoms with Crippen LogP contribution in [0, 0.1) is 0 Å². The molecule has 3 nitrogen and oxygen atoms in total. The van der Waals surface area contributed by atoms with Crippen LogP contribution in [0.2, 0.25) is 0 Å². The number of hydrogen-bond donors (Lipinski definition) is 0. The number of benzene rings is 1. The highest BCUT2D eigenvalue weighted by atomic mass is 79.9. The fourth-order valence-corrected chi connectivity index (χ4v) is 1.87. The maximum Gasteiger partial charge on any atom is 0.163 e. The van der Waals surface area contributed by atoms with Crippen molar-refractivity contribution in [3.63, 3.8) is 0 Å². The van der Waals surface area contributed by atoms with Crippen LogP contribution in [0.25, 0.3) is 0 Å². The van der Waals surface area contributed by atoms with Gasteiger partial charge in [-0.2, -0.15) is 0 Å². The fraction of sp³-hybridized carbons (Fsp3) is 0.417. The molecule has 1 fully saturated rings. The van der Waals surface area contributed by atoms with Crippen molar-refractivity contribution in [2.75, 3.05) is 13.2 Å². The lowest BCUT2D eigenvalue weighted by atomic mass is 10.1. The molecule has 0 N–H and O–H groups in total. The third-order valence-corrected chi connectivity index (χ3v) is 2.99. The Balaban J connectivity index is 1.85. The van der Waals surface area contributed by atoms with Gasteiger partial charge in [-0.15, -0.1) is 0 Å². The Kier molecular flexibility index (Phi) is 4.09. The van der Waals surface area contributed by atoms with E-state index in [0.29, 0.717) is 26.1 Å². The summed E-state index contributed by atoms with van der Waals surface area (Å²) in [7, 11) is 0. The number of carbonyl (C=O) groups is 1. The normalized spacial score (nSPS) is 16.6. The molecule has 0 amide bonds. The van der Waals surface area contributed by atoms with Gasteiger partial charge in [-0.25, -0.2) is 0 Å². The van der Waals surface area contributed by atoms with E-state index < -0.39 is 0 Å². The first-order valence-electron chi connectivity index (χ1n) is 5.28. The van der Waals surface area contributed by atoms with Crippen LogP contribution >= 0.6 is 15.9 Å². The number of ketones is 1. The molecule has 0 spiro atoms. The smallest absolute Gasteiger partial charge is 0.163 e. The number of rotatable bonds is 4. The van der Waals surface area contributed by atoms with E-state index in [1.807, 2.05) is 24.3 Å². The molecule has 0 radical (unpaired) electrons. The van der Waals surface area contributed by atoms with E-state index in [2.05, 4.69) is 15.9 Å². The summed E-state index contributed by atoms with van der Waals surface area (Å²) >= 11 is 3.34. The van der Waals surface area contributed by atoms with Crippen molar-refractivity contribution in [1.82, 2.24) is 0 Å². The minimum absolute atomic E-state index is 0.131. The van der Waals surface area contributed by atoms with Gasteiger partial charge in [-0.1, -0.05) is 28.1 Å². The summed E-state index contributed by atoms with van der Waals surface area (Å²) in [5.41, 5.74) is 0.737. The molecule has 0 saturated carbocycles. The number of hydrogen-bond acceptors (Lipinski definition) is 3. The van der Waals surface area contributed by atoms with Crippen molar-refractivity contribution in [2.45, 2.75) is 19.1 Å². The lowest BCUT2D eigenvalue weighted by molar-refractivity contribution is -0.0464. The number of carbonyl (C=O) groups excluding carboxylic acids is 1. The first kappa shape index (κ1) is 11.8. The Bertz CT molecular complexity index is 355. The second-order valence-corrected chi connectivity index (χ2v) is 4.56. The number of ether oxygens (including phenoxy) is 2. The third-order valence-electron chi connectivity index (χ3n) is 2.46. The molecule has 0 aliphatic carbocycles. The van der Waals surface area contributed by atoms with Crippen LogP contribution in [0.4, 0.5) is 0 Å². The molecule has 4 heteroatoms. The summed E-state index contributed by atoms with van der Waals surface area (Å²) in [5.74, 6) is 0.131. The van der Waals surface area contributed by atoms with Crippen molar-refractivity contribution in [2.24, 2.45) is 0 Å². The van der Waals surface area contributed by atoms with Gasteiger partial charge in [0.15, 0.2) is 12.1 Å². The molecule has 16 heavy (non-hydrogen) atoms. The molecule has 0 bridgehead atoms. The molecule has 1 aliphatic rings. The molecule has 0 unspecified atom stereocenters. The van der Waals surface area contributed by atoms with Crippen molar-refractivity contribution in [1.29, 1.82) is 0 Å². The standard InChI is InChI=1S/C12H13BrO3/c13-10-3-1-9(2-4-10)11(14)5-6-12-15-7-8-16-12/h1-4,12H,5-8H2. The van der Waals surface area contributed by atoms with Crippen LogP contribution in [-0.2, 0) is 9.47 Å². The Labute approximate surface area is 103 Å². The van der Waals surface area contributed by atoms with Gasteiger partial charge in [0.1, 0.15) is 0 Å². The predicted molar refractivity (Wildman–Crippen MR) is 63.4 cm³/mol. The largest absolute Gasteiger partial charge is 0.350 e. The molecule has 1 aromatic rings. The highest BCUT2D eigenvalue weighted by Crippen LogP contribution is 2.15. The second-order valence-electron chi connectivity index (χ2n) is 3.64. The minimum Gasteiger partial charge on any atom is -0.350 e. The summed E-state index contributed by atoms with van der Waals surface area (Å²) in [5, 5.41) is 0. The minimum atomic E-state index is -0.195. The first-order valence-corrected chi connectivity index (χ1v) is 6.07. The molecule has 86 valence electrons. The zero-order chi connectivity index (χ0) is 11.4. The van der Waals surface area contributed by atoms with Gasteiger partial charge in [0.2, 0.25) is 0 Å². The van der Waals surface area contributed by atoms with Crippen molar-refractivity contribution in [3.8, 4) is 0 Å². The van der Waals surface area contributed by atoms with Gasteiger partial charge in [-0.05, 0) is 12.1 Å². The Morgan fingerprint density at radius 2 is 1.88 bits per heavy atom. The van der Waals surface area contributed by atoms with Crippen LogP contribution < -0.4 is 0 Å². The van der Waals surface area contributed by atoms with E-state index in [4.69, 9.17) is 9.47 Å². The van der Waals surface area contributed by atoms with Crippen molar-refractivity contribution >= 4 is 21.7 Å². The third kappa shape index (κ3) is 3.14. The topological polar surface area (TPSA) is 35.5 Å². The van der Waals surface area contributed by atoms with Crippen LogP contribution in [0.3, 0.4) is 0 Å². The lowest BCUT2D eigenvalue weighted by Crippen LogP contribution is -2.10. The van der Waals surface area contributed by atoms with Crippen LogP contribution in [-0.4, -0.2) is 25.3 Å². The summed E-state index contributed by atoms with van der Waals surface area (Å²) in [6.45, 7) is 1.27. The van der Waals surface area contributed by atoms with Gasteiger partial charge in [-0.3, -0.25) is 4.79 Å². The predicted octanol–water partition coefficient (Wildman–Crippen LogP) is 2.78. The molecule has 2 rings (SSSR count). The van der Waals surface area contributed by atoms with Crippen molar-refractivity contribution in [3.05, 3.63) is 34.3 Å². The molecular formula is C12H13BrO3.